The first-order valence-corrected chi connectivity index (χ1v) is 9.56. The summed E-state index contributed by atoms with van der Waals surface area (Å²) in [6, 6.07) is 15.4. The molecule has 1 amide bonds. The van der Waals surface area contributed by atoms with Crippen LogP contribution in [0, 0.1) is 0 Å². The van der Waals surface area contributed by atoms with Crippen LogP contribution < -0.4 is 9.47 Å². The zero-order chi connectivity index (χ0) is 20.6. The molecule has 2 aromatic carbocycles. The molecule has 29 heavy (non-hydrogen) atoms. The van der Waals surface area contributed by atoms with Crippen molar-refractivity contribution < 1.29 is 14.3 Å². The van der Waals surface area contributed by atoms with Crippen molar-refractivity contribution in [2.45, 2.75) is 25.8 Å². The van der Waals surface area contributed by atoms with Crippen molar-refractivity contribution in [1.82, 2.24) is 19.7 Å². The van der Waals surface area contributed by atoms with E-state index < -0.39 is 0 Å². The fraction of sp³-hybridized carbons (Fsp3) is 0.318. The number of nitrogens with zero attached hydrogens (tertiary/aromatic N) is 4. The zero-order valence-corrected chi connectivity index (χ0v) is 17.0. The van der Waals surface area contributed by atoms with Crippen LogP contribution in [0.3, 0.4) is 0 Å². The van der Waals surface area contributed by atoms with E-state index in [4.69, 9.17) is 9.47 Å². The summed E-state index contributed by atoms with van der Waals surface area (Å²) >= 11 is 0. The van der Waals surface area contributed by atoms with Crippen LogP contribution in [0.15, 0.2) is 61.2 Å². The predicted molar refractivity (Wildman–Crippen MR) is 110 cm³/mol. The van der Waals surface area contributed by atoms with E-state index in [1.165, 1.54) is 6.33 Å². The van der Waals surface area contributed by atoms with Gasteiger partial charge in [-0.2, -0.15) is 5.10 Å². The van der Waals surface area contributed by atoms with Crippen molar-refractivity contribution in [3.05, 3.63) is 66.7 Å². The van der Waals surface area contributed by atoms with Crippen LogP contribution in [0.5, 0.6) is 11.5 Å². The molecule has 0 saturated heterocycles. The van der Waals surface area contributed by atoms with Crippen molar-refractivity contribution in [3.8, 4) is 17.2 Å². The number of ether oxygens (including phenoxy) is 2. The second-order valence-electron chi connectivity index (χ2n) is 6.74. The second-order valence-corrected chi connectivity index (χ2v) is 6.74. The minimum absolute atomic E-state index is 0.0187. The molecule has 0 bridgehead atoms. The average molecular weight is 394 g/mol. The first kappa shape index (κ1) is 20.4. The maximum absolute atomic E-state index is 12.5. The van der Waals surface area contributed by atoms with Gasteiger partial charge in [-0.25, -0.2) is 9.67 Å². The molecule has 1 heterocycles. The molecule has 1 aromatic heterocycles. The Labute approximate surface area is 170 Å². The molecule has 0 aliphatic rings. The Morgan fingerprint density at radius 1 is 1.10 bits per heavy atom. The van der Waals surface area contributed by atoms with Crippen LogP contribution in [0.4, 0.5) is 0 Å². The van der Waals surface area contributed by atoms with Crippen molar-refractivity contribution in [2.24, 2.45) is 0 Å². The van der Waals surface area contributed by atoms with Gasteiger partial charge in [-0.3, -0.25) is 4.79 Å². The van der Waals surface area contributed by atoms with Crippen molar-refractivity contribution in [1.29, 1.82) is 0 Å². The van der Waals surface area contributed by atoms with E-state index in [1.807, 2.05) is 62.5 Å². The number of amides is 1. The summed E-state index contributed by atoms with van der Waals surface area (Å²) in [5, 5.41) is 4.12. The molecular weight excluding hydrogens is 368 g/mol. The monoisotopic (exact) mass is 394 g/mol. The average Bonchev–Trinajstić information content (AvgIpc) is 3.31. The molecule has 0 N–H and O–H groups in total. The van der Waals surface area contributed by atoms with E-state index in [1.54, 1.807) is 23.0 Å². The van der Waals surface area contributed by atoms with Gasteiger partial charge in [0.2, 0.25) is 5.91 Å². The highest BCUT2D eigenvalue weighted by atomic mass is 16.5. The smallest absolute Gasteiger partial charge is 0.222 e. The Morgan fingerprint density at radius 3 is 2.41 bits per heavy atom. The number of hydrogen-bond acceptors (Lipinski definition) is 5. The molecule has 152 valence electrons. The molecule has 0 spiro atoms. The maximum Gasteiger partial charge on any atom is 0.222 e. The van der Waals surface area contributed by atoms with Gasteiger partial charge in [0.15, 0.2) is 0 Å². The molecule has 3 rings (SSSR count). The van der Waals surface area contributed by atoms with Crippen LogP contribution in [0.2, 0.25) is 0 Å². The predicted octanol–water partition coefficient (Wildman–Crippen LogP) is 3.65. The Bertz CT molecular complexity index is 893. The topological polar surface area (TPSA) is 69.5 Å². The first-order chi connectivity index (χ1) is 14.1. The summed E-state index contributed by atoms with van der Waals surface area (Å²) < 4.78 is 12.5. The van der Waals surface area contributed by atoms with Gasteiger partial charge in [0.25, 0.3) is 0 Å². The zero-order valence-electron chi connectivity index (χ0n) is 17.0. The number of benzene rings is 2. The van der Waals surface area contributed by atoms with E-state index >= 15 is 0 Å². The third kappa shape index (κ3) is 5.34. The molecule has 7 heteroatoms. The summed E-state index contributed by atoms with van der Waals surface area (Å²) in [5.74, 6) is 1.65. The minimum Gasteiger partial charge on any atom is -0.497 e. The van der Waals surface area contributed by atoms with Gasteiger partial charge in [-0.1, -0.05) is 12.1 Å². The Kier molecular flexibility index (Phi) is 6.84. The molecule has 0 radical (unpaired) electrons. The lowest BCUT2D eigenvalue weighted by atomic mass is 10.1. The summed E-state index contributed by atoms with van der Waals surface area (Å²) in [6.07, 6.45) is 4.25. The summed E-state index contributed by atoms with van der Waals surface area (Å²) in [7, 11) is 3.47. The van der Waals surface area contributed by atoms with E-state index in [9.17, 15) is 4.79 Å². The van der Waals surface area contributed by atoms with Gasteiger partial charge in [0.1, 0.15) is 24.2 Å². The first-order valence-electron chi connectivity index (χ1n) is 9.56. The number of rotatable bonds is 9. The minimum atomic E-state index is -0.0187. The lowest BCUT2D eigenvalue weighted by Crippen LogP contribution is -2.29. The van der Waals surface area contributed by atoms with E-state index in [2.05, 4.69) is 10.1 Å². The molecule has 7 nitrogen and oxygen atoms in total. The highest BCUT2D eigenvalue weighted by molar-refractivity contribution is 5.76. The van der Waals surface area contributed by atoms with Crippen molar-refractivity contribution in [3.63, 3.8) is 0 Å². The van der Waals surface area contributed by atoms with Gasteiger partial charge >= 0.3 is 0 Å². The fourth-order valence-electron chi connectivity index (χ4n) is 2.95. The largest absolute Gasteiger partial charge is 0.497 e. The number of methoxy groups -OCH3 is 1. The lowest BCUT2D eigenvalue weighted by molar-refractivity contribution is -0.132. The van der Waals surface area contributed by atoms with Crippen molar-refractivity contribution >= 4 is 5.91 Å². The molecule has 1 atom stereocenters. The SMILES string of the molecule is COc1ccc(OCCCC(=O)N(C)[C@H](C)c2ccc(-n3cncn3)cc2)cc1. The Morgan fingerprint density at radius 2 is 1.79 bits per heavy atom. The van der Waals surface area contributed by atoms with Crippen LogP contribution in [0.1, 0.15) is 31.4 Å². The number of carbonyl (C=O) groups is 1. The van der Waals surface area contributed by atoms with Gasteiger partial charge in [0.05, 0.1) is 25.4 Å². The van der Waals surface area contributed by atoms with Gasteiger partial charge in [0, 0.05) is 13.5 Å². The van der Waals surface area contributed by atoms with Crippen LogP contribution in [-0.4, -0.2) is 46.3 Å². The summed E-state index contributed by atoms with van der Waals surface area (Å²) in [6.45, 7) is 2.52. The van der Waals surface area contributed by atoms with E-state index in [0.29, 0.717) is 19.4 Å². The van der Waals surface area contributed by atoms with Gasteiger partial charge in [-0.05, 0) is 55.3 Å². The number of carbonyl (C=O) groups excluding carboxylic acids is 1. The number of hydrogen-bond donors (Lipinski definition) is 0. The van der Waals surface area contributed by atoms with Crippen molar-refractivity contribution in [2.75, 3.05) is 20.8 Å². The third-order valence-electron chi connectivity index (χ3n) is 4.90. The van der Waals surface area contributed by atoms with Gasteiger partial charge < -0.3 is 14.4 Å². The highest BCUT2D eigenvalue weighted by Gasteiger charge is 2.17. The lowest BCUT2D eigenvalue weighted by Gasteiger charge is -2.25. The third-order valence-corrected chi connectivity index (χ3v) is 4.90. The summed E-state index contributed by atoms with van der Waals surface area (Å²) in [4.78, 5) is 18.3. The standard InChI is InChI=1S/C22H26N4O3/c1-17(18-6-8-19(9-7-18)26-16-23-15-24-26)25(2)22(27)5-4-14-29-21-12-10-20(28-3)11-13-21/h6-13,15-17H,4-5,14H2,1-3H3/t17-/m1/s1. The number of aromatic nitrogens is 3. The molecule has 0 saturated carbocycles. The summed E-state index contributed by atoms with van der Waals surface area (Å²) in [5.41, 5.74) is 2.00. The van der Waals surface area contributed by atoms with E-state index in [0.717, 1.165) is 22.7 Å². The fourth-order valence-corrected chi connectivity index (χ4v) is 2.95. The maximum atomic E-state index is 12.5. The van der Waals surface area contributed by atoms with Crippen LogP contribution in [0.25, 0.3) is 5.69 Å². The Balaban J connectivity index is 1.46. The van der Waals surface area contributed by atoms with E-state index in [-0.39, 0.29) is 11.9 Å². The quantitative estimate of drug-likeness (QED) is 0.518. The second kappa shape index (κ2) is 9.73. The molecule has 3 aromatic rings. The molecule has 0 unspecified atom stereocenters. The van der Waals surface area contributed by atoms with Gasteiger partial charge in [-0.15, -0.1) is 0 Å². The molecule has 0 aliphatic heterocycles. The highest BCUT2D eigenvalue weighted by Crippen LogP contribution is 2.21. The Hall–Kier alpha value is -3.35. The molecule has 0 aliphatic carbocycles. The van der Waals surface area contributed by atoms with Crippen LogP contribution >= 0.6 is 0 Å². The molecule has 0 fully saturated rings. The van der Waals surface area contributed by atoms with Crippen LogP contribution in [-0.2, 0) is 4.79 Å². The normalized spacial score (nSPS) is 11.7. The molecular formula is C22H26N4O3.